The van der Waals surface area contributed by atoms with E-state index in [0.29, 0.717) is 11.3 Å². The average molecular weight is 284 g/mol. The molecule has 1 aromatic carbocycles. The molecule has 0 saturated heterocycles. The third-order valence-electron chi connectivity index (χ3n) is 2.66. The fraction of sp³-hybridized carbons (Fsp3) is 0. The molecule has 5 nitrogen and oxygen atoms in total. The van der Waals surface area contributed by atoms with Crippen LogP contribution in [0.1, 0.15) is 5.56 Å². The molecule has 3 aromatic rings. The number of halogens is 2. The van der Waals surface area contributed by atoms with Gasteiger partial charge in [0.25, 0.3) is 5.89 Å². The van der Waals surface area contributed by atoms with Crippen LogP contribution in [0.15, 0.2) is 41.1 Å². The topological polar surface area (TPSA) is 75.6 Å². The van der Waals surface area contributed by atoms with Gasteiger partial charge in [-0.05, 0) is 30.3 Å². The first kappa shape index (κ1) is 12.9. The van der Waals surface area contributed by atoms with E-state index in [1.165, 1.54) is 24.3 Å². The van der Waals surface area contributed by atoms with Gasteiger partial charge in [-0.1, -0.05) is 5.16 Å². The van der Waals surface area contributed by atoms with Crippen molar-refractivity contribution in [2.24, 2.45) is 0 Å². The van der Waals surface area contributed by atoms with Gasteiger partial charge in [0.2, 0.25) is 5.82 Å². The molecular weight excluding hydrogens is 278 g/mol. The quantitative estimate of drug-likeness (QED) is 0.723. The minimum Gasteiger partial charge on any atom is -0.332 e. The average Bonchev–Trinajstić information content (AvgIpc) is 2.97. The van der Waals surface area contributed by atoms with E-state index in [9.17, 15) is 8.78 Å². The van der Waals surface area contributed by atoms with Crippen LogP contribution < -0.4 is 0 Å². The largest absolute Gasteiger partial charge is 0.332 e. The molecule has 0 spiro atoms. The molecule has 102 valence electrons. The number of aromatic nitrogens is 3. The van der Waals surface area contributed by atoms with Crippen LogP contribution in [0.2, 0.25) is 0 Å². The van der Waals surface area contributed by atoms with E-state index in [1.54, 1.807) is 0 Å². The summed E-state index contributed by atoms with van der Waals surface area (Å²) in [5.41, 5.74) is 0.756. The fourth-order valence-electron chi connectivity index (χ4n) is 1.73. The van der Waals surface area contributed by atoms with Gasteiger partial charge in [-0.15, -0.1) is 0 Å². The molecule has 3 rings (SSSR count). The summed E-state index contributed by atoms with van der Waals surface area (Å²) in [6.07, 6.45) is 1.02. The molecule has 2 heterocycles. The Labute approximate surface area is 117 Å². The summed E-state index contributed by atoms with van der Waals surface area (Å²) in [6.45, 7) is 0. The van der Waals surface area contributed by atoms with Crippen molar-refractivity contribution in [3.63, 3.8) is 0 Å². The van der Waals surface area contributed by atoms with Gasteiger partial charge < -0.3 is 4.52 Å². The molecule has 0 saturated carbocycles. The first-order chi connectivity index (χ1) is 10.2. The van der Waals surface area contributed by atoms with Gasteiger partial charge in [0, 0.05) is 5.56 Å². The van der Waals surface area contributed by atoms with E-state index in [-0.39, 0.29) is 17.3 Å². The normalized spacial score (nSPS) is 10.3. The van der Waals surface area contributed by atoms with E-state index in [4.69, 9.17) is 9.78 Å². The van der Waals surface area contributed by atoms with E-state index < -0.39 is 11.6 Å². The maximum atomic E-state index is 13.4. The highest BCUT2D eigenvalue weighted by molar-refractivity contribution is 5.60. The maximum Gasteiger partial charge on any atom is 0.276 e. The lowest BCUT2D eigenvalue weighted by atomic mass is 10.1. The Morgan fingerprint density at radius 3 is 2.67 bits per heavy atom. The Morgan fingerprint density at radius 1 is 1.10 bits per heavy atom. The van der Waals surface area contributed by atoms with Crippen LogP contribution in [-0.2, 0) is 0 Å². The predicted octanol–water partition coefficient (Wildman–Crippen LogP) is 2.95. The van der Waals surface area contributed by atoms with Crippen molar-refractivity contribution in [2.45, 2.75) is 0 Å². The zero-order valence-electron chi connectivity index (χ0n) is 10.4. The highest BCUT2D eigenvalue weighted by atomic mass is 19.1. The third-order valence-corrected chi connectivity index (χ3v) is 2.66. The monoisotopic (exact) mass is 284 g/mol. The highest BCUT2D eigenvalue weighted by Crippen LogP contribution is 2.22. The van der Waals surface area contributed by atoms with Gasteiger partial charge in [0.1, 0.15) is 17.3 Å². The Kier molecular flexibility index (Phi) is 3.12. The van der Waals surface area contributed by atoms with Crippen molar-refractivity contribution in [1.82, 2.24) is 15.1 Å². The van der Waals surface area contributed by atoms with Crippen LogP contribution >= 0.6 is 0 Å². The Morgan fingerprint density at radius 2 is 1.95 bits per heavy atom. The van der Waals surface area contributed by atoms with E-state index in [1.807, 2.05) is 6.07 Å². The number of pyridine rings is 1. The standard InChI is InChI=1S/C14H6F2N4O/c15-10-1-2-12(18-7-10)14-19-13(20-21-14)9-3-8(6-17)4-11(16)5-9/h1-5,7H. The molecule has 21 heavy (non-hydrogen) atoms. The Bertz CT molecular complexity index is 837. The van der Waals surface area contributed by atoms with Gasteiger partial charge in [0.05, 0.1) is 17.8 Å². The second-order valence-corrected chi connectivity index (χ2v) is 4.13. The molecular formula is C14H6F2N4O. The van der Waals surface area contributed by atoms with Crippen LogP contribution in [-0.4, -0.2) is 15.1 Å². The minimum absolute atomic E-state index is 0.0766. The van der Waals surface area contributed by atoms with Gasteiger partial charge in [-0.3, -0.25) is 0 Å². The minimum atomic E-state index is -0.574. The molecule has 2 aromatic heterocycles. The van der Waals surface area contributed by atoms with Crippen molar-refractivity contribution in [3.05, 3.63) is 53.7 Å². The van der Waals surface area contributed by atoms with Crippen LogP contribution in [0.5, 0.6) is 0 Å². The highest BCUT2D eigenvalue weighted by Gasteiger charge is 2.13. The van der Waals surface area contributed by atoms with Gasteiger partial charge >= 0.3 is 0 Å². The van der Waals surface area contributed by atoms with Crippen LogP contribution in [0, 0.1) is 23.0 Å². The van der Waals surface area contributed by atoms with Crippen molar-refractivity contribution in [1.29, 1.82) is 5.26 Å². The molecule has 0 amide bonds. The fourth-order valence-corrected chi connectivity index (χ4v) is 1.73. The zero-order valence-corrected chi connectivity index (χ0v) is 10.4. The molecule has 0 aliphatic carbocycles. The third kappa shape index (κ3) is 2.60. The summed E-state index contributed by atoms with van der Waals surface area (Å²) >= 11 is 0. The molecule has 0 bridgehead atoms. The summed E-state index contributed by atoms with van der Waals surface area (Å²) < 4.78 is 31.2. The molecule has 0 unspecified atom stereocenters. The van der Waals surface area contributed by atoms with E-state index in [0.717, 1.165) is 12.3 Å². The van der Waals surface area contributed by atoms with Gasteiger partial charge in [-0.25, -0.2) is 13.8 Å². The summed E-state index contributed by atoms with van der Waals surface area (Å²) in [5, 5.41) is 12.5. The second-order valence-electron chi connectivity index (χ2n) is 4.13. The van der Waals surface area contributed by atoms with Gasteiger partial charge in [-0.2, -0.15) is 10.2 Å². The lowest BCUT2D eigenvalue weighted by Crippen LogP contribution is -1.87. The summed E-state index contributed by atoms with van der Waals surface area (Å²) in [5.74, 6) is -0.863. The smallest absolute Gasteiger partial charge is 0.276 e. The SMILES string of the molecule is N#Cc1cc(F)cc(-c2noc(-c3ccc(F)cn3)n2)c1. The first-order valence-electron chi connectivity index (χ1n) is 5.82. The number of nitrogens with zero attached hydrogens (tertiary/aromatic N) is 4. The van der Waals surface area contributed by atoms with Crippen molar-refractivity contribution >= 4 is 0 Å². The molecule has 0 atom stereocenters. The second kappa shape index (κ2) is 5.09. The molecule has 7 heteroatoms. The molecule has 0 N–H and O–H groups in total. The van der Waals surface area contributed by atoms with Crippen molar-refractivity contribution in [3.8, 4) is 29.0 Å². The Balaban J connectivity index is 2.00. The first-order valence-corrected chi connectivity index (χ1v) is 5.82. The Hall–Kier alpha value is -3.14. The summed E-state index contributed by atoms with van der Waals surface area (Å²) in [7, 11) is 0. The summed E-state index contributed by atoms with van der Waals surface area (Å²) in [4.78, 5) is 7.87. The zero-order chi connectivity index (χ0) is 14.8. The number of benzene rings is 1. The van der Waals surface area contributed by atoms with Crippen LogP contribution in [0.4, 0.5) is 8.78 Å². The maximum absolute atomic E-state index is 13.4. The van der Waals surface area contributed by atoms with Crippen LogP contribution in [0.25, 0.3) is 23.0 Å². The van der Waals surface area contributed by atoms with E-state index >= 15 is 0 Å². The molecule has 0 fully saturated rings. The lowest BCUT2D eigenvalue weighted by molar-refractivity contribution is 0.431. The lowest BCUT2D eigenvalue weighted by Gasteiger charge is -1.96. The molecule has 0 aliphatic heterocycles. The number of hydrogen-bond donors (Lipinski definition) is 0. The van der Waals surface area contributed by atoms with Crippen LogP contribution in [0.3, 0.4) is 0 Å². The molecule has 0 aliphatic rings. The van der Waals surface area contributed by atoms with Crippen molar-refractivity contribution in [2.75, 3.05) is 0 Å². The van der Waals surface area contributed by atoms with E-state index in [2.05, 4.69) is 15.1 Å². The van der Waals surface area contributed by atoms with Gasteiger partial charge in [0.15, 0.2) is 0 Å². The number of hydrogen-bond acceptors (Lipinski definition) is 5. The van der Waals surface area contributed by atoms with Crippen molar-refractivity contribution < 1.29 is 13.3 Å². The number of rotatable bonds is 2. The number of nitriles is 1. The predicted molar refractivity (Wildman–Crippen MR) is 67.6 cm³/mol. The molecule has 0 radical (unpaired) electrons. The summed E-state index contributed by atoms with van der Waals surface area (Å²) in [6, 6.07) is 8.17.